The van der Waals surface area contributed by atoms with Crippen molar-refractivity contribution in [3.05, 3.63) is 95.4 Å². The molecule has 0 spiro atoms. The Morgan fingerprint density at radius 1 is 1.16 bits per heavy atom. The van der Waals surface area contributed by atoms with Crippen molar-refractivity contribution in [3.8, 4) is 11.1 Å². The minimum absolute atomic E-state index is 0.0737. The second kappa shape index (κ2) is 8.47. The molecule has 0 amide bonds. The first-order valence-corrected chi connectivity index (χ1v) is 10.0. The van der Waals surface area contributed by atoms with Gasteiger partial charge in [0.15, 0.2) is 0 Å². The van der Waals surface area contributed by atoms with E-state index in [1.54, 1.807) is 36.0 Å². The van der Waals surface area contributed by atoms with Gasteiger partial charge in [-0.2, -0.15) is 4.98 Å². The van der Waals surface area contributed by atoms with Gasteiger partial charge in [-0.25, -0.2) is 0 Å². The zero-order chi connectivity index (χ0) is 22.8. The fourth-order valence-electron chi connectivity index (χ4n) is 3.52. The van der Waals surface area contributed by atoms with Crippen LogP contribution in [0.5, 0.6) is 0 Å². The lowest BCUT2D eigenvalue weighted by Crippen LogP contribution is -2.19. The second-order valence-electron chi connectivity index (χ2n) is 7.45. The number of hydrogen-bond donors (Lipinski definition) is 1. The summed E-state index contributed by atoms with van der Waals surface area (Å²) >= 11 is 0. The van der Waals surface area contributed by atoms with Crippen molar-refractivity contribution >= 4 is 28.1 Å². The highest BCUT2D eigenvalue weighted by Crippen LogP contribution is 2.28. The molecule has 0 unspecified atom stereocenters. The monoisotopic (exact) mass is 425 g/mol. The van der Waals surface area contributed by atoms with Crippen LogP contribution in [0.25, 0.3) is 27.6 Å². The first kappa shape index (κ1) is 21.0. The highest BCUT2D eigenvalue weighted by Gasteiger charge is 2.14. The van der Waals surface area contributed by atoms with Crippen LogP contribution >= 0.6 is 0 Å². The van der Waals surface area contributed by atoms with Crippen molar-refractivity contribution in [1.82, 2.24) is 19.7 Å². The number of nitrogens with zero attached hydrogens (tertiary/aromatic N) is 4. The number of fused-ring (bicyclic) bond motifs is 1. The van der Waals surface area contributed by atoms with Crippen molar-refractivity contribution < 1.29 is 4.52 Å². The zero-order valence-corrected chi connectivity index (χ0v) is 18.2. The average molecular weight is 425 g/mol. The highest BCUT2D eigenvalue weighted by molar-refractivity contribution is 5.85. The topological polar surface area (TPSA) is 85.8 Å². The number of aromatic nitrogens is 4. The Labute approximate surface area is 185 Å². The Bertz CT molecular complexity index is 1440. The lowest BCUT2D eigenvalue weighted by atomic mass is 9.99. The summed E-state index contributed by atoms with van der Waals surface area (Å²) in [5.41, 5.74) is 5.44. The standard InChI is InChI=1S/C25H23N5O2/c1-6-8-17(7-2)23-28-25(29-32-23)27-19-10-9-15(3)20(13-19)21-12-18-14-26-16(4)11-22(18)30(5)24(21)31/h6-14H,1-2H2,3-5H3,(H,27,29)/b17-8+. The van der Waals surface area contributed by atoms with Crippen molar-refractivity contribution in [2.75, 3.05) is 5.32 Å². The van der Waals surface area contributed by atoms with Crippen LogP contribution in [-0.4, -0.2) is 19.7 Å². The van der Waals surface area contributed by atoms with Gasteiger partial charge in [0.25, 0.3) is 17.4 Å². The molecule has 7 nitrogen and oxygen atoms in total. The van der Waals surface area contributed by atoms with Crippen molar-refractivity contribution in [1.29, 1.82) is 0 Å². The summed E-state index contributed by atoms with van der Waals surface area (Å²) < 4.78 is 6.96. The molecule has 32 heavy (non-hydrogen) atoms. The molecule has 0 radical (unpaired) electrons. The number of anilines is 2. The molecule has 0 saturated carbocycles. The van der Waals surface area contributed by atoms with Gasteiger partial charge in [-0.05, 0) is 54.4 Å². The van der Waals surface area contributed by atoms with Crippen molar-refractivity contribution in [2.45, 2.75) is 13.8 Å². The first-order chi connectivity index (χ1) is 15.4. The third-order valence-corrected chi connectivity index (χ3v) is 5.22. The van der Waals surface area contributed by atoms with Gasteiger partial charge in [0.1, 0.15) is 0 Å². The quantitative estimate of drug-likeness (QED) is 0.433. The zero-order valence-electron chi connectivity index (χ0n) is 18.2. The summed E-state index contributed by atoms with van der Waals surface area (Å²) in [6, 6.07) is 9.56. The normalized spacial score (nSPS) is 11.5. The van der Waals surface area contributed by atoms with Crippen LogP contribution in [0.1, 0.15) is 17.1 Å². The summed E-state index contributed by atoms with van der Waals surface area (Å²) in [5, 5.41) is 8.01. The molecule has 7 heteroatoms. The van der Waals surface area contributed by atoms with Gasteiger partial charge < -0.3 is 14.4 Å². The Kier molecular flexibility index (Phi) is 5.55. The SMILES string of the molecule is C=C/C=C(\C=C)c1nc(Nc2ccc(C)c(-c3cc4cnc(C)cc4n(C)c3=O)c2)no1. The molecule has 0 aliphatic heterocycles. The number of aryl methyl sites for hydroxylation is 3. The van der Waals surface area contributed by atoms with Gasteiger partial charge >= 0.3 is 0 Å². The first-order valence-electron chi connectivity index (χ1n) is 10.0. The molecule has 1 aromatic carbocycles. The van der Waals surface area contributed by atoms with Crippen LogP contribution in [-0.2, 0) is 7.05 Å². The molecule has 0 aliphatic carbocycles. The maximum Gasteiger partial charge on any atom is 0.268 e. The van der Waals surface area contributed by atoms with Crippen LogP contribution in [0.15, 0.2) is 77.2 Å². The number of allylic oxidation sites excluding steroid dienone is 4. The van der Waals surface area contributed by atoms with E-state index in [0.717, 1.165) is 33.4 Å². The molecule has 3 heterocycles. The number of rotatable bonds is 6. The third-order valence-electron chi connectivity index (χ3n) is 5.22. The maximum atomic E-state index is 13.1. The molecule has 0 bridgehead atoms. The Morgan fingerprint density at radius 2 is 1.97 bits per heavy atom. The summed E-state index contributed by atoms with van der Waals surface area (Å²) in [5.74, 6) is 0.638. The van der Waals surface area contributed by atoms with Gasteiger partial charge in [0.2, 0.25) is 0 Å². The van der Waals surface area contributed by atoms with E-state index in [4.69, 9.17) is 4.52 Å². The fraction of sp³-hybridized carbons (Fsp3) is 0.120. The average Bonchev–Trinajstić information content (AvgIpc) is 3.24. The Balaban J connectivity index is 1.74. The molecular weight excluding hydrogens is 402 g/mol. The number of nitrogens with one attached hydrogen (secondary N) is 1. The van der Waals surface area contributed by atoms with E-state index in [9.17, 15) is 4.79 Å². The van der Waals surface area contributed by atoms with Crippen LogP contribution in [0, 0.1) is 13.8 Å². The summed E-state index contributed by atoms with van der Waals surface area (Å²) in [6.07, 6.45) is 6.77. The van der Waals surface area contributed by atoms with Gasteiger partial charge in [-0.15, -0.1) is 0 Å². The van der Waals surface area contributed by atoms with E-state index >= 15 is 0 Å². The number of pyridine rings is 2. The molecule has 4 aromatic rings. The van der Waals surface area contributed by atoms with Gasteiger partial charge in [-0.1, -0.05) is 37.5 Å². The highest BCUT2D eigenvalue weighted by atomic mass is 16.5. The molecular formula is C25H23N5O2. The van der Waals surface area contributed by atoms with Gasteiger partial charge in [-0.3, -0.25) is 9.78 Å². The van der Waals surface area contributed by atoms with E-state index in [1.807, 2.05) is 44.2 Å². The molecule has 1 N–H and O–H groups in total. The lowest BCUT2D eigenvalue weighted by molar-refractivity contribution is 0.409. The second-order valence-corrected chi connectivity index (χ2v) is 7.45. The number of hydrogen-bond acceptors (Lipinski definition) is 6. The van der Waals surface area contributed by atoms with Crippen LogP contribution in [0.4, 0.5) is 11.6 Å². The van der Waals surface area contributed by atoms with E-state index < -0.39 is 0 Å². The Hall–Kier alpha value is -4.26. The van der Waals surface area contributed by atoms with Gasteiger partial charge in [0.05, 0.1) is 5.52 Å². The summed E-state index contributed by atoms with van der Waals surface area (Å²) in [6.45, 7) is 11.3. The van der Waals surface area contributed by atoms with E-state index in [0.29, 0.717) is 23.0 Å². The summed E-state index contributed by atoms with van der Waals surface area (Å²) in [4.78, 5) is 21.9. The van der Waals surface area contributed by atoms with E-state index in [-0.39, 0.29) is 5.56 Å². The largest absolute Gasteiger partial charge is 0.332 e. The predicted octanol–water partition coefficient (Wildman–Crippen LogP) is 5.10. The van der Waals surface area contributed by atoms with Crippen molar-refractivity contribution in [2.24, 2.45) is 7.05 Å². The Morgan fingerprint density at radius 3 is 2.72 bits per heavy atom. The lowest BCUT2D eigenvalue weighted by Gasteiger charge is -2.12. The number of benzene rings is 1. The van der Waals surface area contributed by atoms with Gasteiger partial charge in [0, 0.05) is 41.1 Å². The molecule has 0 atom stereocenters. The smallest absolute Gasteiger partial charge is 0.268 e. The fourth-order valence-corrected chi connectivity index (χ4v) is 3.52. The molecule has 3 aromatic heterocycles. The molecule has 4 rings (SSSR count). The van der Waals surface area contributed by atoms with Crippen LogP contribution < -0.4 is 10.9 Å². The van der Waals surface area contributed by atoms with Crippen LogP contribution in [0.2, 0.25) is 0 Å². The minimum atomic E-state index is -0.0737. The summed E-state index contributed by atoms with van der Waals surface area (Å²) in [7, 11) is 1.78. The molecule has 160 valence electrons. The molecule has 0 saturated heterocycles. The van der Waals surface area contributed by atoms with E-state index in [2.05, 4.69) is 33.6 Å². The third kappa shape index (κ3) is 3.88. The minimum Gasteiger partial charge on any atom is -0.332 e. The maximum absolute atomic E-state index is 13.1. The van der Waals surface area contributed by atoms with Crippen LogP contribution in [0.3, 0.4) is 0 Å². The molecule has 0 aliphatic rings. The van der Waals surface area contributed by atoms with E-state index in [1.165, 1.54) is 0 Å². The van der Waals surface area contributed by atoms with Crippen molar-refractivity contribution in [3.63, 3.8) is 0 Å². The molecule has 0 fully saturated rings. The predicted molar refractivity (Wildman–Crippen MR) is 128 cm³/mol.